The minimum Gasteiger partial charge on any atom is -0.493 e. The van der Waals surface area contributed by atoms with E-state index in [9.17, 15) is 14.4 Å². The Balaban J connectivity index is 1.96. The van der Waals surface area contributed by atoms with E-state index < -0.39 is 11.9 Å². The molecule has 0 bridgehead atoms. The Kier molecular flexibility index (Phi) is 8.58. The fraction of sp³-hybridized carbons (Fsp3) is 0.640. The summed E-state index contributed by atoms with van der Waals surface area (Å²) in [5.41, 5.74) is 7.01. The lowest BCUT2D eigenvalue weighted by molar-refractivity contribution is -0.144. The number of methoxy groups -OCH3 is 2. The molecule has 1 aliphatic carbocycles. The summed E-state index contributed by atoms with van der Waals surface area (Å²) >= 11 is 0. The lowest BCUT2D eigenvalue weighted by Crippen LogP contribution is -2.54. The largest absolute Gasteiger partial charge is 0.493 e. The average Bonchev–Trinajstić information content (AvgIpc) is 2.82. The van der Waals surface area contributed by atoms with Gasteiger partial charge in [-0.25, -0.2) is 0 Å². The highest BCUT2D eigenvalue weighted by atomic mass is 16.5. The number of primary amides is 1. The van der Waals surface area contributed by atoms with Crippen molar-refractivity contribution in [1.82, 2.24) is 10.2 Å². The van der Waals surface area contributed by atoms with Gasteiger partial charge in [-0.2, -0.15) is 0 Å². The molecule has 2 aliphatic rings. The molecule has 0 spiro atoms. The topological polar surface area (TPSA) is 111 Å². The molecule has 0 aromatic heterocycles. The van der Waals surface area contributed by atoms with Crippen LogP contribution in [0.4, 0.5) is 0 Å². The SMILES string of the molecule is COc1cc([C@@H](C(=O)N2CCCC[C@H]2C(=O)NCC(N)=O)C2CCCCC2)cc(C)c1OC. The van der Waals surface area contributed by atoms with Crippen molar-refractivity contribution < 1.29 is 23.9 Å². The van der Waals surface area contributed by atoms with Crippen molar-refractivity contribution in [3.05, 3.63) is 23.3 Å². The van der Waals surface area contributed by atoms with E-state index in [0.29, 0.717) is 24.5 Å². The number of amides is 3. The van der Waals surface area contributed by atoms with Gasteiger partial charge < -0.3 is 25.4 Å². The van der Waals surface area contributed by atoms with Crippen LogP contribution in [-0.4, -0.2) is 56.0 Å². The average molecular weight is 460 g/mol. The van der Waals surface area contributed by atoms with Gasteiger partial charge >= 0.3 is 0 Å². The van der Waals surface area contributed by atoms with Gasteiger partial charge in [-0.3, -0.25) is 14.4 Å². The molecule has 182 valence electrons. The van der Waals surface area contributed by atoms with E-state index in [1.165, 1.54) is 6.42 Å². The number of carbonyl (C=O) groups is 3. The van der Waals surface area contributed by atoms with Gasteiger partial charge in [0.2, 0.25) is 17.7 Å². The Labute approximate surface area is 196 Å². The first-order valence-corrected chi connectivity index (χ1v) is 12.0. The number of piperidine rings is 1. The molecule has 33 heavy (non-hydrogen) atoms. The van der Waals surface area contributed by atoms with Gasteiger partial charge in [-0.1, -0.05) is 25.3 Å². The molecule has 3 rings (SSSR count). The third kappa shape index (κ3) is 5.78. The molecule has 0 radical (unpaired) electrons. The number of carbonyl (C=O) groups excluding carboxylic acids is 3. The van der Waals surface area contributed by atoms with Gasteiger partial charge in [0.1, 0.15) is 6.04 Å². The lowest BCUT2D eigenvalue weighted by atomic mass is 9.75. The Morgan fingerprint density at radius 3 is 2.39 bits per heavy atom. The minimum atomic E-state index is -0.599. The number of likely N-dealkylation sites (tertiary alicyclic amines) is 1. The van der Waals surface area contributed by atoms with Crippen LogP contribution in [0.25, 0.3) is 0 Å². The summed E-state index contributed by atoms with van der Waals surface area (Å²) in [7, 11) is 3.21. The molecule has 1 aromatic carbocycles. The number of nitrogens with one attached hydrogen (secondary N) is 1. The van der Waals surface area contributed by atoms with Crippen molar-refractivity contribution in [2.75, 3.05) is 27.3 Å². The van der Waals surface area contributed by atoms with Gasteiger partial charge in [-0.05, 0) is 62.1 Å². The van der Waals surface area contributed by atoms with E-state index in [1.807, 2.05) is 19.1 Å². The molecule has 2 fully saturated rings. The van der Waals surface area contributed by atoms with Crippen LogP contribution in [0.5, 0.6) is 11.5 Å². The van der Waals surface area contributed by atoms with Crippen LogP contribution >= 0.6 is 0 Å². The standard InChI is InChI=1S/C25H37N3O5/c1-16-13-18(14-20(32-2)23(16)33-3)22(17-9-5-4-6-10-17)25(31)28-12-8-7-11-19(28)24(30)27-15-21(26)29/h13-14,17,19,22H,4-12,15H2,1-3H3,(H2,26,29)(H,27,30)/t19-,22-/m0/s1. The third-order valence-electron chi connectivity index (χ3n) is 6.96. The zero-order valence-electron chi connectivity index (χ0n) is 20.0. The Bertz CT molecular complexity index is 866. The number of hydrogen-bond donors (Lipinski definition) is 2. The summed E-state index contributed by atoms with van der Waals surface area (Å²) in [5.74, 6) is 0.194. The number of hydrogen-bond acceptors (Lipinski definition) is 5. The fourth-order valence-electron chi connectivity index (χ4n) is 5.38. The highest BCUT2D eigenvalue weighted by Gasteiger charge is 2.40. The van der Waals surface area contributed by atoms with Crippen LogP contribution in [0.15, 0.2) is 12.1 Å². The maximum Gasteiger partial charge on any atom is 0.243 e. The Morgan fingerprint density at radius 1 is 1.06 bits per heavy atom. The third-order valence-corrected chi connectivity index (χ3v) is 6.96. The number of nitrogens with zero attached hydrogens (tertiary/aromatic N) is 1. The molecule has 3 amide bonds. The molecule has 8 nitrogen and oxygen atoms in total. The first-order chi connectivity index (χ1) is 15.9. The van der Waals surface area contributed by atoms with Crippen LogP contribution in [0.2, 0.25) is 0 Å². The molecule has 3 N–H and O–H groups in total. The van der Waals surface area contributed by atoms with Crippen molar-refractivity contribution in [2.24, 2.45) is 11.7 Å². The molecular weight excluding hydrogens is 422 g/mol. The summed E-state index contributed by atoms with van der Waals surface area (Å²) in [6.45, 7) is 2.26. The van der Waals surface area contributed by atoms with E-state index in [4.69, 9.17) is 15.2 Å². The molecule has 1 aliphatic heterocycles. The summed E-state index contributed by atoms with van der Waals surface area (Å²) in [4.78, 5) is 39.8. The number of aryl methyl sites for hydroxylation is 1. The lowest BCUT2D eigenvalue weighted by Gasteiger charge is -2.39. The molecule has 0 unspecified atom stereocenters. The molecule has 1 heterocycles. The van der Waals surface area contributed by atoms with Crippen molar-refractivity contribution >= 4 is 17.7 Å². The van der Waals surface area contributed by atoms with Gasteiger partial charge in [0.15, 0.2) is 11.5 Å². The van der Waals surface area contributed by atoms with Crippen LogP contribution in [0.3, 0.4) is 0 Å². The smallest absolute Gasteiger partial charge is 0.243 e. The Hall–Kier alpha value is -2.77. The second kappa shape index (κ2) is 11.4. The first kappa shape index (κ1) is 24.9. The summed E-state index contributed by atoms with van der Waals surface area (Å²) in [6.07, 6.45) is 7.65. The number of rotatable bonds is 8. The van der Waals surface area contributed by atoms with Gasteiger partial charge in [0.25, 0.3) is 0 Å². The van der Waals surface area contributed by atoms with Crippen molar-refractivity contribution in [2.45, 2.75) is 70.3 Å². The normalized spacial score (nSPS) is 20.1. The highest BCUT2D eigenvalue weighted by Crippen LogP contribution is 2.42. The summed E-state index contributed by atoms with van der Waals surface area (Å²) < 4.78 is 11.1. The molecule has 2 atom stereocenters. The second-order valence-electron chi connectivity index (χ2n) is 9.18. The maximum atomic E-state index is 14.1. The molecule has 1 aromatic rings. The van der Waals surface area contributed by atoms with Gasteiger partial charge in [-0.15, -0.1) is 0 Å². The molecule has 1 saturated carbocycles. The van der Waals surface area contributed by atoms with Crippen molar-refractivity contribution in [3.8, 4) is 11.5 Å². The quantitative estimate of drug-likeness (QED) is 0.621. The zero-order chi connectivity index (χ0) is 24.0. The molecular formula is C25H37N3O5. The number of benzene rings is 1. The summed E-state index contributed by atoms with van der Waals surface area (Å²) in [6, 6.07) is 3.35. The van der Waals surface area contributed by atoms with Crippen LogP contribution in [-0.2, 0) is 14.4 Å². The van der Waals surface area contributed by atoms with E-state index in [1.54, 1.807) is 19.1 Å². The second-order valence-corrected chi connectivity index (χ2v) is 9.18. The monoisotopic (exact) mass is 459 g/mol. The van der Waals surface area contributed by atoms with Crippen LogP contribution in [0.1, 0.15) is 68.4 Å². The molecule has 8 heteroatoms. The highest BCUT2D eigenvalue weighted by molar-refractivity contribution is 5.92. The molecule has 1 saturated heterocycles. The van der Waals surface area contributed by atoms with Crippen molar-refractivity contribution in [1.29, 1.82) is 0 Å². The predicted molar refractivity (Wildman–Crippen MR) is 125 cm³/mol. The maximum absolute atomic E-state index is 14.1. The fourth-order valence-corrected chi connectivity index (χ4v) is 5.38. The van der Waals surface area contributed by atoms with Crippen LogP contribution < -0.4 is 20.5 Å². The van der Waals surface area contributed by atoms with E-state index in [0.717, 1.165) is 49.7 Å². The summed E-state index contributed by atoms with van der Waals surface area (Å²) in [5, 5.41) is 2.59. The van der Waals surface area contributed by atoms with Crippen molar-refractivity contribution in [3.63, 3.8) is 0 Å². The number of nitrogens with two attached hydrogens (primary N) is 1. The number of ether oxygens (including phenoxy) is 2. The minimum absolute atomic E-state index is 0.0209. The van der Waals surface area contributed by atoms with Gasteiger partial charge in [0.05, 0.1) is 26.7 Å². The van der Waals surface area contributed by atoms with E-state index >= 15 is 0 Å². The predicted octanol–water partition coefficient (Wildman–Crippen LogP) is 2.66. The zero-order valence-corrected chi connectivity index (χ0v) is 20.0. The first-order valence-electron chi connectivity index (χ1n) is 12.0. The van der Waals surface area contributed by atoms with Crippen LogP contribution in [0, 0.1) is 12.8 Å². The Morgan fingerprint density at radius 2 is 1.76 bits per heavy atom. The van der Waals surface area contributed by atoms with Gasteiger partial charge in [0, 0.05) is 6.54 Å². The van der Waals surface area contributed by atoms with E-state index in [-0.39, 0.29) is 30.2 Å². The van der Waals surface area contributed by atoms with E-state index in [2.05, 4.69) is 5.32 Å².